The molecule has 1 amide bonds. The first-order valence-electron chi connectivity index (χ1n) is 7.92. The van der Waals surface area contributed by atoms with Gasteiger partial charge in [-0.05, 0) is 32.4 Å². The van der Waals surface area contributed by atoms with Gasteiger partial charge < -0.3 is 15.5 Å². The van der Waals surface area contributed by atoms with Crippen LogP contribution in [0, 0.1) is 0 Å². The van der Waals surface area contributed by atoms with Crippen molar-refractivity contribution in [2.75, 3.05) is 26.2 Å². The highest BCUT2D eigenvalue weighted by molar-refractivity contribution is 5.81. The number of likely N-dealkylation sites (tertiary alicyclic amines) is 1. The van der Waals surface area contributed by atoms with E-state index in [0.717, 1.165) is 58.3 Å². The van der Waals surface area contributed by atoms with Gasteiger partial charge in [-0.1, -0.05) is 33.6 Å². The van der Waals surface area contributed by atoms with E-state index in [1.165, 1.54) is 0 Å². The molecule has 1 aliphatic rings. The second-order valence-electron chi connectivity index (χ2n) is 5.53. The van der Waals surface area contributed by atoms with Crippen molar-refractivity contribution in [3.05, 3.63) is 0 Å². The SMILES string of the molecule is CCCC[C@H](N)C(=O)N1CCC(N(CC)CC)CC1. The molecule has 1 atom stereocenters. The highest BCUT2D eigenvalue weighted by Gasteiger charge is 2.27. The molecule has 0 aromatic carbocycles. The van der Waals surface area contributed by atoms with Crippen LogP contribution in [0.5, 0.6) is 0 Å². The molecule has 0 saturated carbocycles. The van der Waals surface area contributed by atoms with Gasteiger partial charge in [0.05, 0.1) is 6.04 Å². The zero-order chi connectivity index (χ0) is 14.3. The molecule has 1 saturated heterocycles. The quantitative estimate of drug-likeness (QED) is 0.767. The summed E-state index contributed by atoms with van der Waals surface area (Å²) in [4.78, 5) is 16.7. The fraction of sp³-hybridized carbons (Fsp3) is 0.933. The lowest BCUT2D eigenvalue weighted by Crippen LogP contribution is -2.51. The summed E-state index contributed by atoms with van der Waals surface area (Å²) in [7, 11) is 0. The first kappa shape index (κ1) is 16.4. The number of unbranched alkanes of at least 4 members (excludes halogenated alkanes) is 1. The maximum atomic E-state index is 12.2. The molecule has 4 heteroatoms. The van der Waals surface area contributed by atoms with Gasteiger partial charge in [0.25, 0.3) is 0 Å². The maximum absolute atomic E-state index is 12.2. The van der Waals surface area contributed by atoms with Crippen LogP contribution in [-0.2, 0) is 4.79 Å². The van der Waals surface area contributed by atoms with Gasteiger partial charge >= 0.3 is 0 Å². The van der Waals surface area contributed by atoms with Gasteiger partial charge in [0, 0.05) is 19.1 Å². The van der Waals surface area contributed by atoms with Crippen LogP contribution in [0.4, 0.5) is 0 Å². The Bertz CT molecular complexity index is 258. The molecule has 0 aromatic heterocycles. The number of hydrogen-bond donors (Lipinski definition) is 1. The van der Waals surface area contributed by atoms with Crippen LogP contribution >= 0.6 is 0 Å². The largest absolute Gasteiger partial charge is 0.341 e. The Morgan fingerprint density at radius 2 is 1.84 bits per heavy atom. The molecule has 1 aliphatic heterocycles. The van der Waals surface area contributed by atoms with Crippen LogP contribution in [0.25, 0.3) is 0 Å². The predicted molar refractivity (Wildman–Crippen MR) is 80.0 cm³/mol. The standard InChI is InChI=1S/C15H31N3O/c1-4-7-8-14(16)15(19)18-11-9-13(10-12-18)17(5-2)6-3/h13-14H,4-12,16H2,1-3H3/t14-/m0/s1. The summed E-state index contributed by atoms with van der Waals surface area (Å²) in [6, 6.07) is 0.357. The van der Waals surface area contributed by atoms with Gasteiger partial charge in [0.2, 0.25) is 5.91 Å². The number of nitrogens with zero attached hydrogens (tertiary/aromatic N) is 2. The lowest BCUT2D eigenvalue weighted by Gasteiger charge is -2.38. The molecule has 4 nitrogen and oxygen atoms in total. The van der Waals surface area contributed by atoms with E-state index < -0.39 is 0 Å². The minimum atomic E-state index is -0.287. The molecule has 0 spiro atoms. The Morgan fingerprint density at radius 1 is 1.26 bits per heavy atom. The summed E-state index contributed by atoms with van der Waals surface area (Å²) in [5.74, 6) is 0.159. The third-order valence-corrected chi connectivity index (χ3v) is 4.29. The molecule has 0 bridgehead atoms. The Labute approximate surface area is 118 Å². The summed E-state index contributed by atoms with van der Waals surface area (Å²) in [6.45, 7) is 10.5. The van der Waals surface area contributed by atoms with Gasteiger partial charge in [-0.2, -0.15) is 0 Å². The second kappa shape index (κ2) is 8.54. The topological polar surface area (TPSA) is 49.6 Å². The van der Waals surface area contributed by atoms with E-state index in [2.05, 4.69) is 25.7 Å². The second-order valence-corrected chi connectivity index (χ2v) is 5.53. The minimum absolute atomic E-state index is 0.159. The number of hydrogen-bond acceptors (Lipinski definition) is 3. The average Bonchev–Trinajstić information content (AvgIpc) is 2.46. The molecule has 19 heavy (non-hydrogen) atoms. The van der Waals surface area contributed by atoms with Crippen molar-refractivity contribution >= 4 is 5.91 Å². The van der Waals surface area contributed by atoms with Gasteiger partial charge in [0.1, 0.15) is 0 Å². The van der Waals surface area contributed by atoms with E-state index in [0.29, 0.717) is 6.04 Å². The van der Waals surface area contributed by atoms with Gasteiger partial charge in [-0.3, -0.25) is 4.79 Å². The van der Waals surface area contributed by atoms with Crippen LogP contribution in [0.1, 0.15) is 52.9 Å². The highest BCUT2D eigenvalue weighted by Crippen LogP contribution is 2.17. The Kier molecular flexibility index (Phi) is 7.39. The van der Waals surface area contributed by atoms with Crippen LogP contribution < -0.4 is 5.73 Å². The Balaban J connectivity index is 2.38. The first-order chi connectivity index (χ1) is 9.13. The van der Waals surface area contributed by atoms with E-state index in [1.54, 1.807) is 0 Å². The summed E-state index contributed by atoms with van der Waals surface area (Å²) in [6.07, 6.45) is 5.15. The van der Waals surface area contributed by atoms with Crippen molar-refractivity contribution in [1.82, 2.24) is 9.80 Å². The number of nitrogens with two attached hydrogens (primary N) is 1. The summed E-state index contributed by atoms with van der Waals surface area (Å²) < 4.78 is 0. The van der Waals surface area contributed by atoms with E-state index in [4.69, 9.17) is 5.73 Å². The molecule has 1 rings (SSSR count). The van der Waals surface area contributed by atoms with Crippen LogP contribution in [-0.4, -0.2) is 54.0 Å². The van der Waals surface area contributed by atoms with Gasteiger partial charge in [-0.25, -0.2) is 0 Å². The smallest absolute Gasteiger partial charge is 0.239 e. The average molecular weight is 269 g/mol. The maximum Gasteiger partial charge on any atom is 0.239 e. The molecule has 0 unspecified atom stereocenters. The van der Waals surface area contributed by atoms with E-state index in [1.807, 2.05) is 4.90 Å². The van der Waals surface area contributed by atoms with E-state index in [-0.39, 0.29) is 11.9 Å². The normalized spacial score (nSPS) is 18.9. The van der Waals surface area contributed by atoms with Crippen LogP contribution in [0.15, 0.2) is 0 Å². The summed E-state index contributed by atoms with van der Waals surface area (Å²) >= 11 is 0. The number of piperidine rings is 1. The number of carbonyl (C=O) groups excluding carboxylic acids is 1. The van der Waals surface area contributed by atoms with E-state index in [9.17, 15) is 4.79 Å². The molecule has 112 valence electrons. The monoisotopic (exact) mass is 269 g/mol. The van der Waals surface area contributed by atoms with Crippen LogP contribution in [0.3, 0.4) is 0 Å². The molecule has 2 N–H and O–H groups in total. The lowest BCUT2D eigenvalue weighted by atomic mass is 10.0. The molecular weight excluding hydrogens is 238 g/mol. The molecule has 0 aliphatic carbocycles. The molecular formula is C15H31N3O. The zero-order valence-electron chi connectivity index (χ0n) is 12.9. The Morgan fingerprint density at radius 3 is 2.32 bits per heavy atom. The zero-order valence-corrected chi connectivity index (χ0v) is 12.9. The van der Waals surface area contributed by atoms with Crippen molar-refractivity contribution in [2.24, 2.45) is 5.73 Å². The third kappa shape index (κ3) is 4.77. The number of carbonyl (C=O) groups is 1. The van der Waals surface area contributed by atoms with Crippen molar-refractivity contribution in [3.63, 3.8) is 0 Å². The summed E-state index contributed by atoms with van der Waals surface area (Å²) in [5.41, 5.74) is 5.98. The van der Waals surface area contributed by atoms with Gasteiger partial charge in [-0.15, -0.1) is 0 Å². The fourth-order valence-electron chi connectivity index (χ4n) is 2.97. The molecule has 0 radical (unpaired) electrons. The summed E-state index contributed by atoms with van der Waals surface area (Å²) in [5, 5.41) is 0. The molecule has 1 fully saturated rings. The van der Waals surface area contributed by atoms with Crippen molar-refractivity contribution in [3.8, 4) is 0 Å². The number of amides is 1. The van der Waals surface area contributed by atoms with Gasteiger partial charge in [0.15, 0.2) is 0 Å². The Hall–Kier alpha value is -0.610. The fourth-order valence-corrected chi connectivity index (χ4v) is 2.97. The van der Waals surface area contributed by atoms with Crippen molar-refractivity contribution < 1.29 is 4.79 Å². The molecule has 0 aromatic rings. The lowest BCUT2D eigenvalue weighted by molar-refractivity contribution is -0.134. The highest BCUT2D eigenvalue weighted by atomic mass is 16.2. The molecule has 1 heterocycles. The van der Waals surface area contributed by atoms with Crippen molar-refractivity contribution in [1.29, 1.82) is 0 Å². The van der Waals surface area contributed by atoms with Crippen LogP contribution in [0.2, 0.25) is 0 Å². The predicted octanol–water partition coefficient (Wildman–Crippen LogP) is 1.84. The van der Waals surface area contributed by atoms with Crippen molar-refractivity contribution in [2.45, 2.75) is 65.0 Å². The minimum Gasteiger partial charge on any atom is -0.341 e. The number of rotatable bonds is 7. The first-order valence-corrected chi connectivity index (χ1v) is 7.92. The third-order valence-electron chi connectivity index (χ3n) is 4.29. The van der Waals surface area contributed by atoms with E-state index >= 15 is 0 Å².